The summed E-state index contributed by atoms with van der Waals surface area (Å²) in [7, 11) is 1.50. The molecule has 8 heteroatoms. The Morgan fingerprint density at radius 3 is 2.80 bits per heavy atom. The van der Waals surface area contributed by atoms with Crippen molar-refractivity contribution in [2.45, 2.75) is 19.8 Å². The van der Waals surface area contributed by atoms with Gasteiger partial charge in [-0.3, -0.25) is 9.59 Å². The van der Waals surface area contributed by atoms with Gasteiger partial charge in [-0.2, -0.15) is 4.98 Å². The molecule has 0 atom stereocenters. The fourth-order valence-electron chi connectivity index (χ4n) is 2.32. The van der Waals surface area contributed by atoms with Crippen LogP contribution in [0, 0.1) is 0 Å². The normalized spacial score (nSPS) is 10.2. The Morgan fingerprint density at radius 1 is 1.36 bits per heavy atom. The molecule has 0 aliphatic rings. The third kappa shape index (κ3) is 4.66. The maximum Gasteiger partial charge on any atom is 0.271 e. The van der Waals surface area contributed by atoms with Crippen molar-refractivity contribution in [1.29, 1.82) is 0 Å². The van der Waals surface area contributed by atoms with E-state index >= 15 is 0 Å². The number of nitrogens with two attached hydrogens (primary N) is 1. The zero-order valence-electron chi connectivity index (χ0n) is 14.2. The average Bonchev–Trinajstić information content (AvgIpc) is 2.61. The van der Waals surface area contributed by atoms with Gasteiger partial charge in [0.1, 0.15) is 5.69 Å². The van der Waals surface area contributed by atoms with Crippen LogP contribution in [0.25, 0.3) is 0 Å². The highest BCUT2D eigenvalue weighted by molar-refractivity contribution is 5.96. The van der Waals surface area contributed by atoms with Gasteiger partial charge in [0, 0.05) is 12.2 Å². The van der Waals surface area contributed by atoms with Crippen molar-refractivity contribution in [2.24, 2.45) is 5.73 Å². The zero-order chi connectivity index (χ0) is 18.2. The quantitative estimate of drug-likeness (QED) is 0.464. The summed E-state index contributed by atoms with van der Waals surface area (Å²) in [6.07, 6.45) is 1.91. The van der Waals surface area contributed by atoms with E-state index in [0.29, 0.717) is 37.4 Å². The number of hydrogen-bond acceptors (Lipinski definition) is 6. The first-order valence-electron chi connectivity index (χ1n) is 7.86. The highest BCUT2D eigenvalue weighted by atomic mass is 16.5. The van der Waals surface area contributed by atoms with Crippen molar-refractivity contribution < 1.29 is 14.3 Å². The Balaban J connectivity index is 2.31. The third-order valence-corrected chi connectivity index (χ3v) is 3.52. The van der Waals surface area contributed by atoms with Gasteiger partial charge in [-0.1, -0.05) is 19.1 Å². The van der Waals surface area contributed by atoms with Crippen LogP contribution in [0.4, 0.5) is 11.5 Å². The standard InChI is InChI=1S/C17H21N5O3/c1-3-13-17(25-2)22-16(14(21-13)15(18)24)20-12-6-4-5-11(9-12)7-8-19-10-23/h4-6,9-10H,3,7-8H2,1-2H3,(H2,18,24)(H,19,23)(H,20,22). The van der Waals surface area contributed by atoms with Crippen molar-refractivity contribution in [2.75, 3.05) is 19.0 Å². The van der Waals surface area contributed by atoms with E-state index in [0.717, 1.165) is 11.3 Å². The summed E-state index contributed by atoms with van der Waals surface area (Å²) in [5.41, 5.74) is 7.80. The lowest BCUT2D eigenvalue weighted by Crippen LogP contribution is -2.18. The maximum atomic E-state index is 11.7. The molecule has 0 bridgehead atoms. The summed E-state index contributed by atoms with van der Waals surface area (Å²) in [6.45, 7) is 2.43. The van der Waals surface area contributed by atoms with Crippen LogP contribution in [0.15, 0.2) is 24.3 Å². The molecule has 8 nitrogen and oxygen atoms in total. The predicted octanol–water partition coefficient (Wildman–Crippen LogP) is 1.18. The molecule has 0 unspecified atom stereocenters. The number of rotatable bonds is 9. The van der Waals surface area contributed by atoms with Crippen LogP contribution < -0.4 is 21.1 Å². The maximum absolute atomic E-state index is 11.7. The van der Waals surface area contributed by atoms with Crippen molar-refractivity contribution in [3.05, 3.63) is 41.2 Å². The van der Waals surface area contributed by atoms with Gasteiger partial charge in [0.25, 0.3) is 5.91 Å². The van der Waals surface area contributed by atoms with Gasteiger partial charge < -0.3 is 21.1 Å². The third-order valence-electron chi connectivity index (χ3n) is 3.52. The first kappa shape index (κ1) is 18.2. The number of amides is 2. The molecule has 0 saturated carbocycles. The van der Waals surface area contributed by atoms with E-state index in [-0.39, 0.29) is 11.5 Å². The lowest BCUT2D eigenvalue weighted by Gasteiger charge is -2.13. The van der Waals surface area contributed by atoms with Gasteiger partial charge in [-0.05, 0) is 30.5 Å². The minimum atomic E-state index is -0.668. The number of primary amides is 1. The first-order valence-corrected chi connectivity index (χ1v) is 7.86. The minimum absolute atomic E-state index is 0.0608. The number of anilines is 2. The van der Waals surface area contributed by atoms with Gasteiger partial charge in [-0.25, -0.2) is 4.98 Å². The Hall–Kier alpha value is -3.16. The molecule has 0 radical (unpaired) electrons. The van der Waals surface area contributed by atoms with Crippen LogP contribution in [-0.4, -0.2) is 35.9 Å². The Bertz CT molecular complexity index is 764. The number of nitrogens with one attached hydrogen (secondary N) is 2. The largest absolute Gasteiger partial charge is 0.480 e. The topological polar surface area (TPSA) is 119 Å². The molecule has 4 N–H and O–H groups in total. The Morgan fingerprint density at radius 2 is 2.16 bits per heavy atom. The molecule has 1 aromatic heterocycles. The van der Waals surface area contributed by atoms with Crippen LogP contribution in [0.1, 0.15) is 28.7 Å². The van der Waals surface area contributed by atoms with Crippen molar-refractivity contribution in [3.8, 4) is 5.88 Å². The molecule has 25 heavy (non-hydrogen) atoms. The van der Waals surface area contributed by atoms with E-state index in [2.05, 4.69) is 20.6 Å². The highest BCUT2D eigenvalue weighted by Crippen LogP contribution is 2.24. The van der Waals surface area contributed by atoms with Crippen LogP contribution in [0.5, 0.6) is 5.88 Å². The molecule has 2 aromatic rings. The predicted molar refractivity (Wildman–Crippen MR) is 94.0 cm³/mol. The summed E-state index contributed by atoms with van der Waals surface area (Å²) in [5, 5.41) is 5.68. The number of nitrogens with zero attached hydrogens (tertiary/aromatic N) is 2. The summed E-state index contributed by atoms with van der Waals surface area (Å²) in [4.78, 5) is 30.6. The lowest BCUT2D eigenvalue weighted by molar-refractivity contribution is -0.109. The molecular formula is C17H21N5O3. The van der Waals surface area contributed by atoms with Gasteiger partial charge in [0.15, 0.2) is 11.5 Å². The number of hydrogen-bond donors (Lipinski definition) is 3. The molecule has 0 aliphatic heterocycles. The number of carbonyl (C=O) groups excluding carboxylic acids is 2. The SMILES string of the molecule is CCc1nc(C(N)=O)c(Nc2cccc(CCNC=O)c2)nc1OC. The number of ether oxygens (including phenoxy) is 1. The monoisotopic (exact) mass is 343 g/mol. The molecule has 132 valence electrons. The number of carbonyl (C=O) groups is 2. The number of benzene rings is 1. The molecule has 0 saturated heterocycles. The molecule has 0 aliphatic carbocycles. The molecule has 1 aromatic carbocycles. The molecule has 1 heterocycles. The summed E-state index contributed by atoms with van der Waals surface area (Å²) in [5.74, 6) is -0.0789. The van der Waals surface area contributed by atoms with Crippen molar-refractivity contribution >= 4 is 23.8 Å². The summed E-state index contributed by atoms with van der Waals surface area (Å²) < 4.78 is 5.23. The molecule has 0 spiro atoms. The molecule has 2 rings (SSSR count). The van der Waals surface area contributed by atoms with Crippen LogP contribution in [-0.2, 0) is 17.6 Å². The van der Waals surface area contributed by atoms with E-state index in [1.165, 1.54) is 7.11 Å². The molecular weight excluding hydrogens is 322 g/mol. The average molecular weight is 343 g/mol. The summed E-state index contributed by atoms with van der Waals surface area (Å²) >= 11 is 0. The second kappa shape index (κ2) is 8.62. The number of aryl methyl sites for hydroxylation is 1. The first-order chi connectivity index (χ1) is 12.1. The van der Waals surface area contributed by atoms with Gasteiger partial charge >= 0.3 is 0 Å². The van der Waals surface area contributed by atoms with Crippen LogP contribution >= 0.6 is 0 Å². The minimum Gasteiger partial charge on any atom is -0.480 e. The molecule has 2 amide bonds. The Labute approximate surface area is 145 Å². The zero-order valence-corrected chi connectivity index (χ0v) is 14.2. The van der Waals surface area contributed by atoms with Crippen LogP contribution in [0.2, 0.25) is 0 Å². The number of aromatic nitrogens is 2. The van der Waals surface area contributed by atoms with E-state index < -0.39 is 5.91 Å². The molecule has 0 fully saturated rings. The van der Waals surface area contributed by atoms with Gasteiger partial charge in [-0.15, -0.1) is 0 Å². The smallest absolute Gasteiger partial charge is 0.271 e. The highest BCUT2D eigenvalue weighted by Gasteiger charge is 2.17. The fraction of sp³-hybridized carbons (Fsp3) is 0.294. The number of methoxy groups -OCH3 is 1. The van der Waals surface area contributed by atoms with Crippen molar-refractivity contribution in [1.82, 2.24) is 15.3 Å². The van der Waals surface area contributed by atoms with Gasteiger partial charge in [0.05, 0.1) is 7.11 Å². The van der Waals surface area contributed by atoms with Gasteiger partial charge in [0.2, 0.25) is 12.3 Å². The fourth-order valence-corrected chi connectivity index (χ4v) is 2.32. The second-order valence-electron chi connectivity index (χ2n) is 5.24. The van der Waals surface area contributed by atoms with Crippen molar-refractivity contribution in [3.63, 3.8) is 0 Å². The summed E-state index contributed by atoms with van der Waals surface area (Å²) in [6, 6.07) is 7.55. The van der Waals surface area contributed by atoms with Crippen LogP contribution in [0.3, 0.4) is 0 Å². The second-order valence-corrected chi connectivity index (χ2v) is 5.24. The van der Waals surface area contributed by atoms with E-state index in [1.54, 1.807) is 0 Å². The van der Waals surface area contributed by atoms with E-state index in [4.69, 9.17) is 10.5 Å². The van der Waals surface area contributed by atoms with E-state index in [1.807, 2.05) is 31.2 Å². The van der Waals surface area contributed by atoms with E-state index in [9.17, 15) is 9.59 Å². The Kier molecular flexibility index (Phi) is 6.27. The lowest BCUT2D eigenvalue weighted by atomic mass is 10.1.